The van der Waals surface area contributed by atoms with Crippen LogP contribution >= 0.6 is 0 Å². The second-order valence-corrected chi connectivity index (χ2v) is 14.1. The Morgan fingerprint density at radius 1 is 0.659 bits per heavy atom. The van der Waals surface area contributed by atoms with Crippen LogP contribution in [0, 0.1) is 11.3 Å². The third-order valence-corrected chi connectivity index (χ3v) is 11.7. The first-order chi connectivity index (χ1) is 20.1. The van der Waals surface area contributed by atoms with Crippen molar-refractivity contribution in [3.63, 3.8) is 0 Å². The van der Waals surface area contributed by atoms with Crippen molar-refractivity contribution in [2.75, 3.05) is 0 Å². The zero-order valence-electron chi connectivity index (χ0n) is 24.1. The average molecular weight is 531 g/mol. The maximum atomic E-state index is 2.63. The first-order valence-electron chi connectivity index (χ1n) is 15.9. The van der Waals surface area contributed by atoms with Gasteiger partial charge in [0.2, 0.25) is 0 Å². The van der Waals surface area contributed by atoms with E-state index in [0.29, 0.717) is 5.92 Å². The van der Waals surface area contributed by atoms with Gasteiger partial charge in [-0.05, 0) is 130 Å². The molecule has 0 saturated heterocycles. The largest absolute Gasteiger partial charge is 0.0804 e. The van der Waals surface area contributed by atoms with E-state index >= 15 is 0 Å². The second-order valence-electron chi connectivity index (χ2n) is 14.1. The third-order valence-electron chi connectivity index (χ3n) is 11.7. The van der Waals surface area contributed by atoms with E-state index in [-0.39, 0.29) is 10.8 Å². The van der Waals surface area contributed by atoms with Gasteiger partial charge in [0.25, 0.3) is 0 Å². The molecular weight excluding hydrogens is 492 g/mol. The quantitative estimate of drug-likeness (QED) is 0.213. The van der Waals surface area contributed by atoms with E-state index in [1.165, 1.54) is 65.5 Å². The topological polar surface area (TPSA) is 0 Å². The van der Waals surface area contributed by atoms with Gasteiger partial charge in [-0.3, -0.25) is 0 Å². The van der Waals surface area contributed by atoms with Gasteiger partial charge in [0.05, 0.1) is 0 Å². The summed E-state index contributed by atoms with van der Waals surface area (Å²) in [5.74, 6) is 1.41. The first-order valence-corrected chi connectivity index (χ1v) is 15.9. The van der Waals surface area contributed by atoms with E-state index in [0.717, 1.165) is 25.2 Å². The van der Waals surface area contributed by atoms with Gasteiger partial charge in [-0.1, -0.05) is 116 Å². The van der Waals surface area contributed by atoms with Crippen molar-refractivity contribution >= 4 is 0 Å². The molecule has 5 aliphatic carbocycles. The van der Waals surface area contributed by atoms with Crippen LogP contribution in [0.4, 0.5) is 0 Å². The van der Waals surface area contributed by atoms with Gasteiger partial charge in [-0.25, -0.2) is 0 Å². The molecule has 4 atom stereocenters. The van der Waals surface area contributed by atoms with Crippen LogP contribution in [0.5, 0.6) is 0 Å². The van der Waals surface area contributed by atoms with Crippen molar-refractivity contribution < 1.29 is 0 Å². The Kier molecular flexibility index (Phi) is 5.08. The molecule has 0 N–H and O–H groups in total. The summed E-state index contributed by atoms with van der Waals surface area (Å²) in [5.41, 5.74) is 17.6. The highest BCUT2D eigenvalue weighted by Gasteiger charge is 2.53. The molecule has 0 heterocycles. The number of hydrogen-bond acceptors (Lipinski definition) is 0. The lowest BCUT2D eigenvalue weighted by Crippen LogP contribution is -2.47. The van der Waals surface area contributed by atoms with Crippen LogP contribution in [0.15, 0.2) is 109 Å². The zero-order valence-corrected chi connectivity index (χ0v) is 24.1. The molecule has 5 aliphatic rings. The van der Waals surface area contributed by atoms with Gasteiger partial charge in [0.15, 0.2) is 0 Å². The Labute approximate surface area is 244 Å². The summed E-state index contributed by atoms with van der Waals surface area (Å²) >= 11 is 0. The van der Waals surface area contributed by atoms with E-state index in [1.54, 1.807) is 27.8 Å². The second kappa shape index (κ2) is 8.68. The number of allylic oxidation sites excluding steroid dienone is 4. The summed E-state index contributed by atoms with van der Waals surface area (Å²) in [6.45, 7) is 2.63. The molecule has 4 aromatic rings. The van der Waals surface area contributed by atoms with Gasteiger partial charge >= 0.3 is 0 Å². The minimum atomic E-state index is 0.208. The highest BCUT2D eigenvalue weighted by molar-refractivity contribution is 5.79. The molecule has 0 aliphatic heterocycles. The molecule has 0 radical (unpaired) electrons. The number of rotatable bonds is 3. The van der Waals surface area contributed by atoms with E-state index in [4.69, 9.17) is 0 Å². The fraction of sp³-hybridized carbons (Fsp3) is 0.317. The molecule has 0 heteroatoms. The predicted molar refractivity (Wildman–Crippen MR) is 170 cm³/mol. The maximum Gasteiger partial charge on any atom is -0.00105 e. The normalized spacial score (nSPS) is 28.6. The van der Waals surface area contributed by atoms with Crippen molar-refractivity contribution in [1.82, 2.24) is 0 Å². The highest BCUT2D eigenvalue weighted by atomic mass is 14.6. The molecule has 4 aromatic carbocycles. The lowest BCUT2D eigenvalue weighted by molar-refractivity contribution is 0.0426. The van der Waals surface area contributed by atoms with Crippen molar-refractivity contribution in [2.24, 2.45) is 11.3 Å². The monoisotopic (exact) mass is 530 g/mol. The molecule has 0 amide bonds. The fourth-order valence-corrected chi connectivity index (χ4v) is 10.4. The van der Waals surface area contributed by atoms with E-state index in [2.05, 4.69) is 110 Å². The minimum absolute atomic E-state index is 0.208. The molecule has 0 spiro atoms. The summed E-state index contributed by atoms with van der Waals surface area (Å²) < 4.78 is 0. The minimum Gasteiger partial charge on any atom is -0.0804 e. The molecule has 2 bridgehead atoms. The molecule has 2 saturated carbocycles. The summed E-state index contributed by atoms with van der Waals surface area (Å²) in [6.07, 6.45) is 17.2. The molecule has 0 nitrogen and oxygen atoms in total. The zero-order chi connectivity index (χ0) is 27.2. The van der Waals surface area contributed by atoms with Crippen LogP contribution in [-0.2, 0) is 18.3 Å². The lowest BCUT2D eigenvalue weighted by atomic mass is 9.48. The average Bonchev–Trinajstić information content (AvgIpc) is 3.74. The van der Waals surface area contributed by atoms with E-state index in [9.17, 15) is 0 Å². The Morgan fingerprint density at radius 3 is 2.10 bits per heavy atom. The summed E-state index contributed by atoms with van der Waals surface area (Å²) in [6, 6.07) is 32.6. The lowest BCUT2D eigenvalue weighted by Gasteiger charge is -2.56. The summed E-state index contributed by atoms with van der Waals surface area (Å²) in [7, 11) is 0. The molecular formula is C41H38. The van der Waals surface area contributed by atoms with Crippen LogP contribution in [0.25, 0.3) is 22.3 Å². The summed E-state index contributed by atoms with van der Waals surface area (Å²) in [5, 5.41) is 0. The van der Waals surface area contributed by atoms with E-state index < -0.39 is 0 Å². The van der Waals surface area contributed by atoms with Crippen LogP contribution in [0.2, 0.25) is 0 Å². The molecule has 202 valence electrons. The Bertz CT molecular complexity index is 1780. The molecule has 4 unspecified atom stereocenters. The number of fused-ring (bicyclic) bond motifs is 8. The van der Waals surface area contributed by atoms with E-state index in [1.807, 2.05) is 0 Å². The maximum absolute atomic E-state index is 2.63. The van der Waals surface area contributed by atoms with Gasteiger partial charge in [0, 0.05) is 0 Å². The Balaban J connectivity index is 1.12. The standard InChI is InChI=1S/C41H38/c1-40(39-19-9-18-36-33-15-7-3-11-29(33)22-38(36)39)23-27-20-30(25-41(24-27,26-40)31-12-4-5-13-31)34-16-8-17-35-32-14-6-2-10-28(32)21-37(34)35/h2-12,14-19,27,30H,13,20-26H2,1H3. The van der Waals surface area contributed by atoms with Crippen LogP contribution < -0.4 is 0 Å². The number of hydrogen-bond donors (Lipinski definition) is 0. The van der Waals surface area contributed by atoms with Crippen LogP contribution in [0.3, 0.4) is 0 Å². The van der Waals surface area contributed by atoms with Crippen molar-refractivity contribution in [3.05, 3.63) is 142 Å². The summed E-state index contributed by atoms with van der Waals surface area (Å²) in [4.78, 5) is 0. The van der Waals surface area contributed by atoms with Crippen LogP contribution in [-0.4, -0.2) is 0 Å². The Morgan fingerprint density at radius 2 is 1.34 bits per heavy atom. The Hall–Kier alpha value is -3.64. The smallest absolute Gasteiger partial charge is 0.00105 e. The fourth-order valence-electron chi connectivity index (χ4n) is 10.4. The molecule has 41 heavy (non-hydrogen) atoms. The SMILES string of the molecule is CC1(c2cccc3c2Cc2ccccc2-3)CC2CC(c3cccc4c3Cc3ccccc3-4)CC(C3=CC=CC3)(C2)C1. The molecule has 2 fully saturated rings. The first kappa shape index (κ1) is 24.0. The number of benzene rings is 4. The molecule has 0 aromatic heterocycles. The van der Waals surface area contributed by atoms with Crippen molar-refractivity contribution in [2.45, 2.75) is 69.6 Å². The van der Waals surface area contributed by atoms with Gasteiger partial charge in [-0.15, -0.1) is 0 Å². The van der Waals surface area contributed by atoms with Crippen molar-refractivity contribution in [1.29, 1.82) is 0 Å². The van der Waals surface area contributed by atoms with Gasteiger partial charge < -0.3 is 0 Å². The van der Waals surface area contributed by atoms with Crippen molar-refractivity contribution in [3.8, 4) is 22.3 Å². The highest BCUT2D eigenvalue weighted by Crippen LogP contribution is 2.64. The predicted octanol–water partition coefficient (Wildman–Crippen LogP) is 10.3. The van der Waals surface area contributed by atoms with Gasteiger partial charge in [0.1, 0.15) is 0 Å². The molecule has 9 rings (SSSR count). The van der Waals surface area contributed by atoms with Crippen LogP contribution in [0.1, 0.15) is 84.7 Å². The van der Waals surface area contributed by atoms with Gasteiger partial charge in [-0.2, -0.15) is 0 Å². The third kappa shape index (κ3) is 3.52.